The lowest BCUT2D eigenvalue weighted by molar-refractivity contribution is -0.386. The van der Waals surface area contributed by atoms with Gasteiger partial charge in [0.25, 0.3) is 11.6 Å². The van der Waals surface area contributed by atoms with Crippen molar-refractivity contribution in [3.63, 3.8) is 0 Å². The monoisotopic (exact) mass is 342 g/mol. The third kappa shape index (κ3) is 3.58. The summed E-state index contributed by atoms with van der Waals surface area (Å²) >= 11 is 0. The van der Waals surface area contributed by atoms with Gasteiger partial charge in [-0.3, -0.25) is 20.2 Å². The highest BCUT2D eigenvalue weighted by atomic mass is 16.6. The first-order valence-corrected chi connectivity index (χ1v) is 6.98. The molecule has 1 aromatic heterocycles. The van der Waals surface area contributed by atoms with E-state index >= 15 is 0 Å². The van der Waals surface area contributed by atoms with Crippen molar-refractivity contribution in [2.24, 2.45) is 0 Å². The third-order valence-electron chi connectivity index (χ3n) is 3.22. The number of benzene rings is 2. The van der Waals surface area contributed by atoms with Crippen LogP contribution < -0.4 is 4.74 Å². The van der Waals surface area contributed by atoms with Gasteiger partial charge in [-0.25, -0.2) is 0 Å². The van der Waals surface area contributed by atoms with Gasteiger partial charge in [0.05, 0.1) is 9.85 Å². The molecule has 0 aliphatic rings. The molecular formula is C15H10N4O6. The van der Waals surface area contributed by atoms with Crippen LogP contribution in [0.5, 0.6) is 5.75 Å². The Bertz CT molecular complexity index is 922. The maximum Gasteiger partial charge on any atom is 0.310 e. The number of rotatable bonds is 6. The molecule has 0 aliphatic carbocycles. The van der Waals surface area contributed by atoms with Gasteiger partial charge in [-0.1, -0.05) is 17.3 Å². The number of hydrogen-bond acceptors (Lipinski definition) is 8. The van der Waals surface area contributed by atoms with Crippen molar-refractivity contribution in [2.75, 3.05) is 0 Å². The van der Waals surface area contributed by atoms with E-state index in [9.17, 15) is 20.2 Å². The van der Waals surface area contributed by atoms with Crippen molar-refractivity contribution in [2.45, 2.75) is 6.61 Å². The SMILES string of the molecule is O=[N+]([O-])c1ccc(-c2noc(COc3ccccc3[N+](=O)[O-])n2)cc1. The van der Waals surface area contributed by atoms with Gasteiger partial charge in [0.2, 0.25) is 5.82 Å². The van der Waals surface area contributed by atoms with Crippen molar-refractivity contribution in [3.8, 4) is 17.1 Å². The highest BCUT2D eigenvalue weighted by Gasteiger charge is 2.16. The normalized spacial score (nSPS) is 10.4. The maximum atomic E-state index is 10.9. The molecule has 3 aromatic rings. The zero-order chi connectivity index (χ0) is 17.8. The highest BCUT2D eigenvalue weighted by Crippen LogP contribution is 2.27. The van der Waals surface area contributed by atoms with E-state index in [4.69, 9.17) is 9.26 Å². The van der Waals surface area contributed by atoms with E-state index in [0.717, 1.165) is 0 Å². The van der Waals surface area contributed by atoms with Crippen molar-refractivity contribution in [1.82, 2.24) is 10.1 Å². The Morgan fingerprint density at radius 3 is 2.40 bits per heavy atom. The average molecular weight is 342 g/mol. The summed E-state index contributed by atoms with van der Waals surface area (Å²) in [6.07, 6.45) is 0. The summed E-state index contributed by atoms with van der Waals surface area (Å²) in [7, 11) is 0. The van der Waals surface area contributed by atoms with Crippen molar-refractivity contribution in [3.05, 3.63) is 74.7 Å². The molecule has 3 rings (SSSR count). The lowest BCUT2D eigenvalue weighted by Gasteiger charge is -2.03. The summed E-state index contributed by atoms with van der Waals surface area (Å²) in [4.78, 5) is 24.6. The van der Waals surface area contributed by atoms with Crippen molar-refractivity contribution in [1.29, 1.82) is 0 Å². The first-order valence-electron chi connectivity index (χ1n) is 6.98. The molecule has 1 heterocycles. The molecule has 0 fully saturated rings. The molecule has 0 atom stereocenters. The van der Waals surface area contributed by atoms with E-state index in [1.54, 1.807) is 6.07 Å². The van der Waals surface area contributed by atoms with E-state index < -0.39 is 9.85 Å². The Balaban J connectivity index is 1.72. The Morgan fingerprint density at radius 2 is 1.72 bits per heavy atom. The number of nitro groups is 2. The first-order chi connectivity index (χ1) is 12.0. The van der Waals surface area contributed by atoms with Crippen LogP contribution in [-0.4, -0.2) is 20.0 Å². The fourth-order valence-electron chi connectivity index (χ4n) is 2.03. The summed E-state index contributed by atoms with van der Waals surface area (Å²) < 4.78 is 10.4. The highest BCUT2D eigenvalue weighted by molar-refractivity contribution is 5.56. The Hall–Kier alpha value is -3.82. The van der Waals surface area contributed by atoms with E-state index in [1.807, 2.05) is 0 Å². The molecule has 0 spiro atoms. The van der Waals surface area contributed by atoms with Gasteiger partial charge in [0.1, 0.15) is 0 Å². The predicted molar refractivity (Wildman–Crippen MR) is 83.8 cm³/mol. The molecule has 2 aromatic carbocycles. The van der Waals surface area contributed by atoms with Crippen LogP contribution >= 0.6 is 0 Å². The van der Waals surface area contributed by atoms with Crippen LogP contribution in [0.2, 0.25) is 0 Å². The van der Waals surface area contributed by atoms with Gasteiger partial charge >= 0.3 is 5.69 Å². The largest absolute Gasteiger partial charge is 0.477 e. The number of ether oxygens (including phenoxy) is 1. The van der Waals surface area contributed by atoms with Crippen LogP contribution in [0.1, 0.15) is 5.89 Å². The Morgan fingerprint density at radius 1 is 1.00 bits per heavy atom. The number of aromatic nitrogens is 2. The Labute approximate surface area is 140 Å². The number of hydrogen-bond donors (Lipinski definition) is 0. The summed E-state index contributed by atoms with van der Waals surface area (Å²) in [5.41, 5.74) is 0.316. The molecule has 10 heteroatoms. The second-order valence-electron chi connectivity index (χ2n) is 4.83. The average Bonchev–Trinajstić information content (AvgIpc) is 3.09. The number of nitrogens with zero attached hydrogens (tertiary/aromatic N) is 4. The van der Waals surface area contributed by atoms with E-state index in [-0.39, 0.29) is 35.4 Å². The standard InChI is InChI=1S/C15H10N4O6/c20-18(21)11-7-5-10(6-8-11)15-16-14(25-17-15)9-24-13-4-2-1-3-12(13)19(22)23/h1-8H,9H2. The van der Waals surface area contributed by atoms with E-state index in [2.05, 4.69) is 10.1 Å². The van der Waals surface area contributed by atoms with E-state index in [0.29, 0.717) is 5.56 Å². The molecule has 0 bridgehead atoms. The molecule has 0 N–H and O–H groups in total. The van der Waals surface area contributed by atoms with E-state index in [1.165, 1.54) is 42.5 Å². The van der Waals surface area contributed by atoms with Crippen molar-refractivity contribution < 1.29 is 19.1 Å². The van der Waals surface area contributed by atoms with Gasteiger partial charge in [-0.05, 0) is 18.2 Å². The van der Waals surface area contributed by atoms with Gasteiger partial charge in [-0.2, -0.15) is 4.98 Å². The first kappa shape index (κ1) is 16.1. The van der Waals surface area contributed by atoms with Crippen molar-refractivity contribution >= 4 is 11.4 Å². The van der Waals surface area contributed by atoms with Crippen LogP contribution in [0, 0.1) is 20.2 Å². The number of non-ortho nitro benzene ring substituents is 1. The quantitative estimate of drug-likeness (QED) is 0.492. The second-order valence-corrected chi connectivity index (χ2v) is 4.83. The number of para-hydroxylation sites is 2. The molecule has 0 unspecified atom stereocenters. The summed E-state index contributed by atoms with van der Waals surface area (Å²) in [5, 5.41) is 25.3. The van der Waals surface area contributed by atoms with Gasteiger partial charge < -0.3 is 9.26 Å². The topological polar surface area (TPSA) is 134 Å². The summed E-state index contributed by atoms with van der Waals surface area (Å²) in [6.45, 7) is -0.148. The van der Waals surface area contributed by atoms with Crippen LogP contribution in [-0.2, 0) is 6.61 Å². The fourth-order valence-corrected chi connectivity index (χ4v) is 2.03. The van der Waals surface area contributed by atoms with Crippen LogP contribution in [0.4, 0.5) is 11.4 Å². The molecule has 25 heavy (non-hydrogen) atoms. The van der Waals surface area contributed by atoms with Crippen LogP contribution in [0.15, 0.2) is 53.1 Å². The molecule has 0 saturated heterocycles. The zero-order valence-electron chi connectivity index (χ0n) is 12.6. The molecular weight excluding hydrogens is 332 g/mol. The Kier molecular flexibility index (Phi) is 4.33. The maximum absolute atomic E-state index is 10.9. The van der Waals surface area contributed by atoms with Gasteiger partial charge in [0.15, 0.2) is 12.4 Å². The van der Waals surface area contributed by atoms with Gasteiger partial charge in [-0.15, -0.1) is 0 Å². The van der Waals surface area contributed by atoms with Crippen LogP contribution in [0.3, 0.4) is 0 Å². The number of nitro benzene ring substituents is 2. The molecule has 0 radical (unpaired) electrons. The molecule has 0 amide bonds. The molecule has 0 saturated carbocycles. The predicted octanol–water partition coefficient (Wildman–Crippen LogP) is 3.13. The minimum absolute atomic E-state index is 0.0489. The molecule has 0 aliphatic heterocycles. The molecule has 10 nitrogen and oxygen atoms in total. The second kappa shape index (κ2) is 6.74. The summed E-state index contributed by atoms with van der Waals surface area (Å²) in [5.74, 6) is 0.435. The minimum Gasteiger partial charge on any atom is -0.477 e. The van der Waals surface area contributed by atoms with Gasteiger partial charge in [0, 0.05) is 23.8 Å². The lowest BCUT2D eigenvalue weighted by atomic mass is 10.2. The van der Waals surface area contributed by atoms with Crippen LogP contribution in [0.25, 0.3) is 11.4 Å². The zero-order valence-corrected chi connectivity index (χ0v) is 12.6. The summed E-state index contributed by atoms with van der Waals surface area (Å²) in [6, 6.07) is 11.6. The fraction of sp³-hybridized carbons (Fsp3) is 0.0667. The third-order valence-corrected chi connectivity index (χ3v) is 3.22. The smallest absolute Gasteiger partial charge is 0.310 e. The minimum atomic E-state index is -0.550. The molecule has 126 valence electrons. The lowest BCUT2D eigenvalue weighted by Crippen LogP contribution is -1.99.